The summed E-state index contributed by atoms with van der Waals surface area (Å²) < 4.78 is 1.62. The number of hydrogen-bond acceptors (Lipinski definition) is 7. The molecule has 2 aromatic rings. The summed E-state index contributed by atoms with van der Waals surface area (Å²) in [7, 11) is 0. The molecule has 11 heteroatoms. The highest BCUT2D eigenvalue weighted by atomic mass is 16.3. The van der Waals surface area contributed by atoms with Crippen LogP contribution in [0.3, 0.4) is 0 Å². The van der Waals surface area contributed by atoms with Gasteiger partial charge in [0, 0.05) is 50.4 Å². The number of pyridine rings is 1. The van der Waals surface area contributed by atoms with Crippen LogP contribution in [0.2, 0.25) is 0 Å². The van der Waals surface area contributed by atoms with Crippen molar-refractivity contribution in [1.29, 1.82) is 0 Å². The number of β-amino-alcohol motifs (C(OH)–C–C–N with tert-alkyl or cyclic N) is 1. The Labute approximate surface area is 216 Å². The molecule has 2 aliphatic heterocycles. The van der Waals surface area contributed by atoms with Crippen molar-refractivity contribution in [1.82, 2.24) is 35.1 Å². The lowest BCUT2D eigenvalue weighted by Gasteiger charge is -2.34. The van der Waals surface area contributed by atoms with E-state index in [0.29, 0.717) is 31.1 Å². The average molecular weight is 510 g/mol. The third-order valence-electron chi connectivity index (χ3n) is 7.41. The molecule has 3 aliphatic rings. The molecule has 3 amide bonds. The standard InChI is InChI=1S/C26H35N7O4/c1-26(2,3)22(33-15-20(29-30-33)16-7-8-16)25(37)32-14-18(34)12-21(32)23(35)28-17-9-11-31(13-17)24(36)19-6-4-5-10-27-19/h4-6,10,15-18,21-22,34H,7-9,11-14H2,1-3H3,(H,28,35)/t17?,18-,21+,22-/m1/s1. The molecule has 1 aliphatic carbocycles. The molecule has 4 atom stereocenters. The Hall–Kier alpha value is -3.34. The predicted octanol–water partition coefficient (Wildman–Crippen LogP) is 1.13. The Bertz CT molecular complexity index is 1160. The van der Waals surface area contributed by atoms with Crippen LogP contribution >= 0.6 is 0 Å². The SMILES string of the molecule is CC(C)(C)[C@@H](C(=O)N1C[C@H](O)C[C@H]1C(=O)NC1CCN(C(=O)c2ccccn2)C1)n1cc(C2CC2)nn1. The molecule has 2 saturated heterocycles. The minimum Gasteiger partial charge on any atom is -0.391 e. The van der Waals surface area contributed by atoms with Crippen LogP contribution in [0.15, 0.2) is 30.6 Å². The molecule has 5 rings (SSSR count). The fourth-order valence-corrected chi connectivity index (χ4v) is 5.34. The minimum atomic E-state index is -0.792. The van der Waals surface area contributed by atoms with Crippen LogP contribution in [0.25, 0.3) is 0 Å². The van der Waals surface area contributed by atoms with Crippen molar-refractivity contribution in [3.63, 3.8) is 0 Å². The van der Waals surface area contributed by atoms with Gasteiger partial charge in [0.25, 0.3) is 5.91 Å². The second kappa shape index (κ2) is 9.85. The topological polar surface area (TPSA) is 134 Å². The van der Waals surface area contributed by atoms with Crippen molar-refractivity contribution in [2.24, 2.45) is 5.41 Å². The molecule has 198 valence electrons. The molecule has 4 heterocycles. The molecule has 1 unspecified atom stereocenters. The number of amides is 3. The van der Waals surface area contributed by atoms with Crippen LogP contribution in [0.5, 0.6) is 0 Å². The van der Waals surface area contributed by atoms with Gasteiger partial charge in [0.1, 0.15) is 17.8 Å². The van der Waals surface area contributed by atoms with E-state index in [1.54, 1.807) is 34.0 Å². The molecule has 3 fully saturated rings. The highest BCUT2D eigenvalue weighted by Gasteiger charge is 2.46. The highest BCUT2D eigenvalue weighted by Crippen LogP contribution is 2.40. The van der Waals surface area contributed by atoms with E-state index in [2.05, 4.69) is 20.6 Å². The van der Waals surface area contributed by atoms with E-state index >= 15 is 0 Å². The number of carbonyl (C=O) groups excluding carboxylic acids is 3. The maximum atomic E-state index is 13.9. The monoisotopic (exact) mass is 509 g/mol. The summed E-state index contributed by atoms with van der Waals surface area (Å²) >= 11 is 0. The van der Waals surface area contributed by atoms with Gasteiger partial charge in [-0.05, 0) is 36.8 Å². The van der Waals surface area contributed by atoms with Crippen LogP contribution in [-0.4, -0.2) is 90.4 Å². The number of carbonyl (C=O) groups is 3. The maximum absolute atomic E-state index is 13.9. The third kappa shape index (κ3) is 5.36. The molecular weight excluding hydrogens is 474 g/mol. The van der Waals surface area contributed by atoms with Crippen molar-refractivity contribution in [3.05, 3.63) is 42.0 Å². The van der Waals surface area contributed by atoms with Crippen molar-refractivity contribution in [3.8, 4) is 0 Å². The van der Waals surface area contributed by atoms with E-state index in [1.807, 2.05) is 27.0 Å². The summed E-state index contributed by atoms with van der Waals surface area (Å²) in [6.45, 7) is 6.85. The van der Waals surface area contributed by atoms with Gasteiger partial charge in [-0.3, -0.25) is 19.4 Å². The van der Waals surface area contributed by atoms with Gasteiger partial charge in [-0.15, -0.1) is 5.10 Å². The second-order valence-corrected chi connectivity index (χ2v) is 11.5. The van der Waals surface area contributed by atoms with Gasteiger partial charge in [-0.1, -0.05) is 32.1 Å². The first-order chi connectivity index (χ1) is 17.6. The van der Waals surface area contributed by atoms with E-state index in [-0.39, 0.29) is 36.7 Å². The summed E-state index contributed by atoms with van der Waals surface area (Å²) in [4.78, 5) is 47.2. The van der Waals surface area contributed by atoms with Crippen LogP contribution in [0.4, 0.5) is 0 Å². The van der Waals surface area contributed by atoms with E-state index in [1.165, 1.54) is 4.90 Å². The van der Waals surface area contributed by atoms with Gasteiger partial charge in [-0.2, -0.15) is 0 Å². The number of rotatable bonds is 6. The van der Waals surface area contributed by atoms with Crippen LogP contribution in [0, 0.1) is 5.41 Å². The van der Waals surface area contributed by atoms with Crippen molar-refractivity contribution in [2.75, 3.05) is 19.6 Å². The minimum absolute atomic E-state index is 0.0859. The number of aromatic nitrogens is 4. The molecule has 0 spiro atoms. The zero-order chi connectivity index (χ0) is 26.3. The predicted molar refractivity (Wildman–Crippen MR) is 133 cm³/mol. The average Bonchev–Trinajstić information content (AvgIpc) is 3.23. The van der Waals surface area contributed by atoms with Crippen LogP contribution in [0.1, 0.15) is 74.6 Å². The van der Waals surface area contributed by atoms with Gasteiger partial charge in [0.15, 0.2) is 0 Å². The molecule has 37 heavy (non-hydrogen) atoms. The van der Waals surface area contributed by atoms with Gasteiger partial charge >= 0.3 is 0 Å². The van der Waals surface area contributed by atoms with Gasteiger partial charge < -0.3 is 20.2 Å². The summed E-state index contributed by atoms with van der Waals surface area (Å²) in [5.74, 6) is -0.328. The van der Waals surface area contributed by atoms with E-state index in [4.69, 9.17) is 0 Å². The fraction of sp³-hybridized carbons (Fsp3) is 0.615. The molecule has 2 N–H and O–H groups in total. The summed E-state index contributed by atoms with van der Waals surface area (Å²) in [5.41, 5.74) is 0.776. The van der Waals surface area contributed by atoms with Crippen molar-refractivity contribution >= 4 is 17.7 Å². The van der Waals surface area contributed by atoms with E-state index in [9.17, 15) is 19.5 Å². The Morgan fingerprint density at radius 2 is 1.92 bits per heavy atom. The van der Waals surface area contributed by atoms with E-state index < -0.39 is 23.6 Å². The number of hydrogen-bond donors (Lipinski definition) is 2. The van der Waals surface area contributed by atoms with Crippen LogP contribution < -0.4 is 5.32 Å². The zero-order valence-corrected chi connectivity index (χ0v) is 21.6. The summed E-state index contributed by atoms with van der Waals surface area (Å²) in [6, 6.07) is 3.51. The third-order valence-corrected chi connectivity index (χ3v) is 7.41. The van der Waals surface area contributed by atoms with Gasteiger partial charge in [0.2, 0.25) is 11.8 Å². The molecular formula is C26H35N7O4. The Balaban J connectivity index is 1.27. The number of nitrogens with one attached hydrogen (secondary N) is 1. The van der Waals surface area contributed by atoms with Crippen LogP contribution in [-0.2, 0) is 9.59 Å². The number of aliphatic hydroxyl groups is 1. The molecule has 2 aromatic heterocycles. The molecule has 1 saturated carbocycles. The quantitative estimate of drug-likeness (QED) is 0.596. The van der Waals surface area contributed by atoms with E-state index in [0.717, 1.165) is 18.5 Å². The van der Waals surface area contributed by atoms with Crippen molar-refractivity contribution in [2.45, 2.75) is 76.6 Å². The number of aliphatic hydroxyl groups excluding tert-OH is 1. The summed E-state index contributed by atoms with van der Waals surface area (Å²) in [5, 5.41) is 22.0. The number of likely N-dealkylation sites (tertiary alicyclic amines) is 2. The lowest BCUT2D eigenvalue weighted by Crippen LogP contribution is -2.52. The summed E-state index contributed by atoms with van der Waals surface area (Å²) in [6.07, 6.45) is 5.58. The first-order valence-electron chi connectivity index (χ1n) is 13.0. The molecule has 0 aromatic carbocycles. The Kier molecular flexibility index (Phi) is 6.74. The first-order valence-corrected chi connectivity index (χ1v) is 13.0. The maximum Gasteiger partial charge on any atom is 0.272 e. The zero-order valence-electron chi connectivity index (χ0n) is 21.6. The first kappa shape index (κ1) is 25.3. The van der Waals surface area contributed by atoms with Gasteiger partial charge in [-0.25, -0.2) is 4.68 Å². The molecule has 0 radical (unpaired) electrons. The highest BCUT2D eigenvalue weighted by molar-refractivity contribution is 5.93. The number of nitrogens with zero attached hydrogens (tertiary/aromatic N) is 6. The largest absolute Gasteiger partial charge is 0.391 e. The fourth-order valence-electron chi connectivity index (χ4n) is 5.34. The lowest BCUT2D eigenvalue weighted by molar-refractivity contribution is -0.144. The smallest absolute Gasteiger partial charge is 0.272 e. The lowest BCUT2D eigenvalue weighted by atomic mass is 9.85. The van der Waals surface area contributed by atoms with Gasteiger partial charge in [0.05, 0.1) is 11.8 Å². The normalized spacial score (nSPS) is 24.8. The molecule has 0 bridgehead atoms. The van der Waals surface area contributed by atoms with Crippen molar-refractivity contribution < 1.29 is 19.5 Å². The Morgan fingerprint density at radius 3 is 2.59 bits per heavy atom. The second-order valence-electron chi connectivity index (χ2n) is 11.5. The molecule has 11 nitrogen and oxygen atoms in total. The Morgan fingerprint density at radius 1 is 1.14 bits per heavy atom.